The van der Waals surface area contributed by atoms with Crippen LogP contribution in [0.15, 0.2) is 52.1 Å². The number of hydrogen-bond donors (Lipinski definition) is 2. The zero-order chi connectivity index (χ0) is 18.5. The van der Waals surface area contributed by atoms with E-state index in [4.69, 9.17) is 13.9 Å². The van der Waals surface area contributed by atoms with Gasteiger partial charge in [-0.25, -0.2) is 0 Å². The summed E-state index contributed by atoms with van der Waals surface area (Å²) in [5.41, 5.74) is 1.26. The monoisotopic (exact) mass is 487 g/mol. The third-order valence-electron chi connectivity index (χ3n) is 3.89. The van der Waals surface area contributed by atoms with Gasteiger partial charge in [0.25, 0.3) is 0 Å². The van der Waals surface area contributed by atoms with Crippen LogP contribution in [-0.4, -0.2) is 46.4 Å². The van der Waals surface area contributed by atoms with Crippen molar-refractivity contribution in [1.82, 2.24) is 10.6 Å². The molecule has 2 rings (SSSR count). The Kier molecular flexibility index (Phi) is 12.4. The first-order chi connectivity index (χ1) is 12.8. The van der Waals surface area contributed by atoms with Crippen LogP contribution < -0.4 is 15.4 Å². The molecule has 0 spiro atoms. The van der Waals surface area contributed by atoms with Crippen molar-refractivity contribution < 1.29 is 13.9 Å². The molecule has 2 aromatic rings. The van der Waals surface area contributed by atoms with Crippen LogP contribution in [0.3, 0.4) is 0 Å². The molecule has 0 bridgehead atoms. The summed E-state index contributed by atoms with van der Waals surface area (Å²) in [5, 5.41) is 6.75. The normalized spacial score (nSPS) is 11.0. The lowest BCUT2D eigenvalue weighted by Gasteiger charge is -2.12. The van der Waals surface area contributed by atoms with Crippen molar-refractivity contribution in [3.63, 3.8) is 0 Å². The van der Waals surface area contributed by atoms with Crippen molar-refractivity contribution in [2.45, 2.75) is 19.3 Å². The lowest BCUT2D eigenvalue weighted by molar-refractivity contribution is 0.197. The number of rotatable bonds is 11. The summed E-state index contributed by atoms with van der Waals surface area (Å²) in [6.07, 6.45) is 4.34. The van der Waals surface area contributed by atoms with Crippen LogP contribution in [0.25, 0.3) is 0 Å². The highest BCUT2D eigenvalue weighted by Gasteiger charge is 2.01. The largest absolute Gasteiger partial charge is 0.497 e. The number of furan rings is 1. The van der Waals surface area contributed by atoms with E-state index in [1.165, 1.54) is 5.56 Å². The van der Waals surface area contributed by atoms with Crippen molar-refractivity contribution in [1.29, 1.82) is 0 Å². The molecule has 0 aliphatic heterocycles. The second-order valence-corrected chi connectivity index (χ2v) is 5.86. The first-order valence-corrected chi connectivity index (χ1v) is 8.98. The van der Waals surface area contributed by atoms with Crippen molar-refractivity contribution in [3.8, 4) is 5.75 Å². The molecule has 0 saturated carbocycles. The Hall–Kier alpha value is -1.74. The van der Waals surface area contributed by atoms with Gasteiger partial charge >= 0.3 is 0 Å². The molecule has 0 saturated heterocycles. The van der Waals surface area contributed by atoms with E-state index < -0.39 is 0 Å². The zero-order valence-electron chi connectivity index (χ0n) is 16.1. The topological polar surface area (TPSA) is 68.0 Å². The van der Waals surface area contributed by atoms with E-state index in [9.17, 15) is 0 Å². The van der Waals surface area contributed by atoms with Gasteiger partial charge < -0.3 is 24.5 Å². The van der Waals surface area contributed by atoms with E-state index in [0.29, 0.717) is 0 Å². The van der Waals surface area contributed by atoms with Crippen molar-refractivity contribution >= 4 is 29.9 Å². The third-order valence-corrected chi connectivity index (χ3v) is 3.89. The van der Waals surface area contributed by atoms with Crippen LogP contribution in [0.4, 0.5) is 0 Å². The van der Waals surface area contributed by atoms with Crippen LogP contribution in [0.2, 0.25) is 0 Å². The van der Waals surface area contributed by atoms with E-state index in [2.05, 4.69) is 27.8 Å². The maximum atomic E-state index is 5.36. The molecule has 0 fully saturated rings. The molecule has 2 N–H and O–H groups in total. The van der Waals surface area contributed by atoms with Gasteiger partial charge in [0, 0.05) is 39.8 Å². The van der Waals surface area contributed by atoms with Crippen molar-refractivity contribution in [2.75, 3.05) is 40.5 Å². The first-order valence-electron chi connectivity index (χ1n) is 8.98. The van der Waals surface area contributed by atoms with Gasteiger partial charge in [-0.1, -0.05) is 12.1 Å². The molecule has 1 aromatic heterocycles. The summed E-state index contributed by atoms with van der Waals surface area (Å²) in [7, 11) is 3.39. The summed E-state index contributed by atoms with van der Waals surface area (Å²) in [6, 6.07) is 12.0. The second kappa shape index (κ2) is 14.3. The number of hydrogen-bond acceptors (Lipinski definition) is 4. The highest BCUT2D eigenvalue weighted by Crippen LogP contribution is 2.11. The van der Waals surface area contributed by atoms with E-state index in [1.807, 2.05) is 24.3 Å². The minimum Gasteiger partial charge on any atom is -0.497 e. The fourth-order valence-corrected chi connectivity index (χ4v) is 2.45. The fraction of sp³-hybridized carbons (Fsp3) is 0.450. The van der Waals surface area contributed by atoms with Crippen molar-refractivity contribution in [2.24, 2.45) is 4.99 Å². The van der Waals surface area contributed by atoms with Crippen molar-refractivity contribution in [3.05, 3.63) is 54.0 Å². The fourth-order valence-electron chi connectivity index (χ4n) is 2.45. The molecular formula is C20H30IN3O3. The molecule has 0 unspecified atom stereocenters. The number of nitrogens with one attached hydrogen (secondary N) is 2. The third kappa shape index (κ3) is 9.67. The number of ether oxygens (including phenoxy) is 2. The van der Waals surface area contributed by atoms with Gasteiger partial charge in [-0.05, 0) is 42.7 Å². The van der Waals surface area contributed by atoms with Gasteiger partial charge in [0.15, 0.2) is 5.96 Å². The highest BCUT2D eigenvalue weighted by atomic mass is 127. The molecule has 27 heavy (non-hydrogen) atoms. The molecule has 0 radical (unpaired) electrons. The van der Waals surface area contributed by atoms with E-state index in [1.54, 1.807) is 20.5 Å². The van der Waals surface area contributed by atoms with Gasteiger partial charge in [-0.3, -0.25) is 4.99 Å². The molecule has 150 valence electrons. The SMILES string of the molecule is COCCCN=C(NCCc1ccc(OC)cc1)NCCc1ccco1.I. The van der Waals surface area contributed by atoms with E-state index in [0.717, 1.165) is 63.0 Å². The molecule has 7 heteroatoms. The first kappa shape index (κ1) is 23.3. The van der Waals surface area contributed by atoms with E-state index >= 15 is 0 Å². The predicted molar refractivity (Wildman–Crippen MR) is 119 cm³/mol. The molecule has 0 atom stereocenters. The Morgan fingerprint density at radius 2 is 1.78 bits per heavy atom. The zero-order valence-corrected chi connectivity index (χ0v) is 18.4. The Labute approximate surface area is 178 Å². The molecule has 1 heterocycles. The minimum atomic E-state index is 0. The molecule has 0 amide bonds. The number of benzene rings is 1. The van der Waals surface area contributed by atoms with Crippen LogP contribution in [0, 0.1) is 0 Å². The van der Waals surface area contributed by atoms with Gasteiger partial charge in [0.2, 0.25) is 0 Å². The smallest absolute Gasteiger partial charge is 0.191 e. The molecule has 0 aliphatic rings. The van der Waals surface area contributed by atoms with Gasteiger partial charge in [-0.2, -0.15) is 0 Å². The number of halogens is 1. The van der Waals surface area contributed by atoms with Crippen LogP contribution in [0.5, 0.6) is 5.75 Å². The average molecular weight is 487 g/mol. The van der Waals surface area contributed by atoms with Gasteiger partial charge in [0.05, 0.1) is 13.4 Å². The van der Waals surface area contributed by atoms with E-state index in [-0.39, 0.29) is 24.0 Å². The van der Waals surface area contributed by atoms with Crippen LogP contribution >= 0.6 is 24.0 Å². The number of methoxy groups -OCH3 is 2. The Balaban J connectivity index is 0.00000364. The summed E-state index contributed by atoms with van der Waals surface area (Å²) >= 11 is 0. The molecule has 0 aliphatic carbocycles. The number of guanidine groups is 1. The van der Waals surface area contributed by atoms with Crippen LogP contribution in [0.1, 0.15) is 17.7 Å². The summed E-state index contributed by atoms with van der Waals surface area (Å²) in [6.45, 7) is 3.02. The maximum absolute atomic E-state index is 5.36. The predicted octanol–water partition coefficient (Wildman–Crippen LogP) is 3.26. The number of aliphatic imine (C=N–C) groups is 1. The number of nitrogens with zero attached hydrogens (tertiary/aromatic N) is 1. The molecule has 1 aromatic carbocycles. The van der Waals surface area contributed by atoms with Gasteiger partial charge in [0.1, 0.15) is 11.5 Å². The Morgan fingerprint density at radius 1 is 1.04 bits per heavy atom. The Morgan fingerprint density at radius 3 is 2.41 bits per heavy atom. The summed E-state index contributed by atoms with van der Waals surface area (Å²) in [4.78, 5) is 4.60. The van der Waals surface area contributed by atoms with Crippen LogP contribution in [-0.2, 0) is 17.6 Å². The van der Waals surface area contributed by atoms with Gasteiger partial charge in [-0.15, -0.1) is 24.0 Å². The lowest BCUT2D eigenvalue weighted by atomic mass is 10.1. The molecular weight excluding hydrogens is 457 g/mol. The average Bonchev–Trinajstić information content (AvgIpc) is 3.19. The Bertz CT molecular complexity index is 630. The standard InChI is InChI=1S/C20H29N3O3.HI/c1-24-15-4-12-21-20(23-14-11-19-5-3-16-26-19)22-13-10-17-6-8-18(25-2)9-7-17;/h3,5-9,16H,4,10-15H2,1-2H3,(H2,21,22,23);1H. The minimum absolute atomic E-state index is 0. The molecule has 6 nitrogen and oxygen atoms in total. The quantitative estimate of drug-likeness (QED) is 0.221. The maximum Gasteiger partial charge on any atom is 0.191 e. The summed E-state index contributed by atoms with van der Waals surface area (Å²) < 4.78 is 15.6. The summed E-state index contributed by atoms with van der Waals surface area (Å²) in [5.74, 6) is 2.66. The second-order valence-electron chi connectivity index (χ2n) is 5.86. The highest BCUT2D eigenvalue weighted by molar-refractivity contribution is 14.0. The lowest BCUT2D eigenvalue weighted by Crippen LogP contribution is -2.39.